The Morgan fingerprint density at radius 3 is 2.76 bits per heavy atom. The predicted molar refractivity (Wildman–Crippen MR) is 80.9 cm³/mol. The summed E-state index contributed by atoms with van der Waals surface area (Å²) in [4.78, 5) is 3.84. The zero-order chi connectivity index (χ0) is 14.8. The molecule has 5 heteroatoms. The van der Waals surface area contributed by atoms with Crippen molar-refractivity contribution in [3.8, 4) is 5.69 Å². The zero-order valence-electron chi connectivity index (χ0n) is 12.5. The summed E-state index contributed by atoms with van der Waals surface area (Å²) in [6.45, 7) is 4.61. The molecule has 112 valence electrons. The van der Waals surface area contributed by atoms with Crippen LogP contribution in [0.15, 0.2) is 30.9 Å². The minimum Gasteiger partial charge on any atom is -0.382 e. The van der Waals surface area contributed by atoms with E-state index in [4.69, 9.17) is 0 Å². The molecule has 1 aromatic carbocycles. The van der Waals surface area contributed by atoms with Crippen LogP contribution in [0.25, 0.3) is 5.69 Å². The maximum atomic E-state index is 14.2. The Hall–Kier alpha value is -1.91. The van der Waals surface area contributed by atoms with Crippen LogP contribution in [0.2, 0.25) is 0 Å². The van der Waals surface area contributed by atoms with Crippen molar-refractivity contribution in [2.45, 2.75) is 39.2 Å². The number of nitrogens with zero attached hydrogens (tertiary/aromatic N) is 3. The summed E-state index contributed by atoms with van der Waals surface area (Å²) in [5, 5.41) is 7.42. The van der Waals surface area contributed by atoms with Crippen LogP contribution < -0.4 is 5.32 Å². The van der Waals surface area contributed by atoms with Crippen molar-refractivity contribution in [1.29, 1.82) is 0 Å². The highest BCUT2D eigenvalue weighted by Gasteiger charge is 2.24. The van der Waals surface area contributed by atoms with Gasteiger partial charge in [0.05, 0.1) is 0 Å². The van der Waals surface area contributed by atoms with Gasteiger partial charge >= 0.3 is 0 Å². The number of rotatable bonds is 3. The molecule has 1 saturated carbocycles. The molecule has 0 bridgehead atoms. The van der Waals surface area contributed by atoms with E-state index in [0.29, 0.717) is 11.7 Å². The third-order valence-corrected chi connectivity index (χ3v) is 4.58. The molecular formula is C16H21FN4. The smallest absolute Gasteiger partial charge is 0.150 e. The average Bonchev–Trinajstić information content (AvgIpc) is 2.97. The van der Waals surface area contributed by atoms with E-state index in [-0.39, 0.29) is 5.82 Å². The second-order valence-electron chi connectivity index (χ2n) is 6.12. The standard InChI is InChI=1S/C16H21FN4/c1-11-3-4-13(7-12(11)2)20-14-5-6-16(15(17)8-14)21-10-18-9-19-21/h5-6,8-13,20H,3-4,7H2,1-2H3. The van der Waals surface area contributed by atoms with E-state index in [0.717, 1.165) is 30.4 Å². The van der Waals surface area contributed by atoms with Gasteiger partial charge in [-0.2, -0.15) is 5.10 Å². The summed E-state index contributed by atoms with van der Waals surface area (Å²) >= 11 is 0. The van der Waals surface area contributed by atoms with Crippen molar-refractivity contribution in [3.05, 3.63) is 36.7 Å². The second kappa shape index (κ2) is 5.84. The normalized spacial score (nSPS) is 25.8. The van der Waals surface area contributed by atoms with E-state index in [2.05, 4.69) is 29.2 Å². The van der Waals surface area contributed by atoms with Crippen LogP contribution in [0.4, 0.5) is 10.1 Å². The molecule has 2 aromatic rings. The summed E-state index contributed by atoms with van der Waals surface area (Å²) in [6.07, 6.45) is 6.43. The largest absolute Gasteiger partial charge is 0.382 e. The first-order chi connectivity index (χ1) is 10.1. The van der Waals surface area contributed by atoms with Crippen LogP contribution >= 0.6 is 0 Å². The summed E-state index contributed by atoms with van der Waals surface area (Å²) in [5.74, 6) is 1.22. The first-order valence-corrected chi connectivity index (χ1v) is 7.54. The molecule has 0 radical (unpaired) electrons. The fraction of sp³-hybridized carbons (Fsp3) is 0.500. The molecule has 0 spiro atoms. The van der Waals surface area contributed by atoms with E-state index in [1.165, 1.54) is 23.8 Å². The van der Waals surface area contributed by atoms with Gasteiger partial charge in [-0.3, -0.25) is 0 Å². The van der Waals surface area contributed by atoms with Gasteiger partial charge in [-0.25, -0.2) is 14.1 Å². The average molecular weight is 288 g/mol. The zero-order valence-corrected chi connectivity index (χ0v) is 12.5. The Morgan fingerprint density at radius 1 is 1.24 bits per heavy atom. The quantitative estimate of drug-likeness (QED) is 0.937. The molecule has 0 saturated heterocycles. The van der Waals surface area contributed by atoms with Crippen molar-refractivity contribution in [3.63, 3.8) is 0 Å². The van der Waals surface area contributed by atoms with Gasteiger partial charge in [0.1, 0.15) is 18.3 Å². The summed E-state index contributed by atoms with van der Waals surface area (Å²) < 4.78 is 15.6. The molecule has 21 heavy (non-hydrogen) atoms. The molecule has 4 nitrogen and oxygen atoms in total. The minimum atomic E-state index is -0.289. The lowest BCUT2D eigenvalue weighted by atomic mass is 9.79. The topological polar surface area (TPSA) is 42.7 Å². The van der Waals surface area contributed by atoms with Crippen LogP contribution in [-0.4, -0.2) is 20.8 Å². The summed E-state index contributed by atoms with van der Waals surface area (Å²) in [7, 11) is 0. The SMILES string of the molecule is CC1CCC(Nc2ccc(-n3cncn3)c(F)c2)CC1C. The molecule has 1 aliphatic rings. The molecule has 1 aromatic heterocycles. The van der Waals surface area contributed by atoms with Gasteiger partial charge in [0.25, 0.3) is 0 Å². The molecule has 1 fully saturated rings. The number of hydrogen-bond donors (Lipinski definition) is 1. The number of anilines is 1. The molecule has 0 amide bonds. The van der Waals surface area contributed by atoms with Crippen LogP contribution in [0.5, 0.6) is 0 Å². The van der Waals surface area contributed by atoms with Crippen molar-refractivity contribution in [2.75, 3.05) is 5.32 Å². The number of aromatic nitrogens is 3. The van der Waals surface area contributed by atoms with Crippen LogP contribution in [0, 0.1) is 17.7 Å². The van der Waals surface area contributed by atoms with Crippen molar-refractivity contribution in [2.24, 2.45) is 11.8 Å². The third kappa shape index (κ3) is 3.06. The fourth-order valence-corrected chi connectivity index (χ4v) is 3.03. The second-order valence-corrected chi connectivity index (χ2v) is 6.12. The van der Waals surface area contributed by atoms with E-state index in [1.807, 2.05) is 6.07 Å². The lowest BCUT2D eigenvalue weighted by Gasteiger charge is -2.33. The van der Waals surface area contributed by atoms with E-state index in [9.17, 15) is 4.39 Å². The van der Waals surface area contributed by atoms with Crippen molar-refractivity contribution >= 4 is 5.69 Å². The summed E-state index contributed by atoms with van der Waals surface area (Å²) in [6, 6.07) is 5.62. The maximum absolute atomic E-state index is 14.2. The first-order valence-electron chi connectivity index (χ1n) is 7.54. The highest BCUT2D eigenvalue weighted by molar-refractivity contribution is 5.50. The lowest BCUT2D eigenvalue weighted by molar-refractivity contribution is 0.261. The molecule has 3 atom stereocenters. The Kier molecular flexibility index (Phi) is 3.90. The van der Waals surface area contributed by atoms with E-state index >= 15 is 0 Å². The number of hydrogen-bond acceptors (Lipinski definition) is 3. The maximum Gasteiger partial charge on any atom is 0.150 e. The number of benzene rings is 1. The highest BCUT2D eigenvalue weighted by atomic mass is 19.1. The van der Waals surface area contributed by atoms with Gasteiger partial charge in [0, 0.05) is 11.7 Å². The Labute approximate surface area is 124 Å². The first kappa shape index (κ1) is 14.0. The van der Waals surface area contributed by atoms with Gasteiger partial charge < -0.3 is 5.32 Å². The predicted octanol–water partition coefficient (Wildman–Crippen LogP) is 3.64. The van der Waals surface area contributed by atoms with Crippen molar-refractivity contribution in [1.82, 2.24) is 14.8 Å². The van der Waals surface area contributed by atoms with Crippen LogP contribution in [0.1, 0.15) is 33.1 Å². The fourth-order valence-electron chi connectivity index (χ4n) is 3.03. The molecule has 3 unspecified atom stereocenters. The highest BCUT2D eigenvalue weighted by Crippen LogP contribution is 2.31. The minimum absolute atomic E-state index is 0.289. The Bertz CT molecular complexity index is 596. The monoisotopic (exact) mass is 288 g/mol. The van der Waals surface area contributed by atoms with Crippen LogP contribution in [0.3, 0.4) is 0 Å². The van der Waals surface area contributed by atoms with E-state index in [1.54, 1.807) is 12.1 Å². The van der Waals surface area contributed by atoms with Gasteiger partial charge in [-0.1, -0.05) is 13.8 Å². The molecular weight excluding hydrogens is 267 g/mol. The molecule has 0 aliphatic heterocycles. The van der Waals surface area contributed by atoms with Gasteiger partial charge in [0.2, 0.25) is 0 Å². The van der Waals surface area contributed by atoms with Crippen molar-refractivity contribution < 1.29 is 4.39 Å². The van der Waals surface area contributed by atoms with Crippen LogP contribution in [-0.2, 0) is 0 Å². The molecule has 1 N–H and O–H groups in total. The summed E-state index contributed by atoms with van der Waals surface area (Å²) in [5.41, 5.74) is 1.26. The van der Waals surface area contributed by atoms with E-state index < -0.39 is 0 Å². The molecule has 1 heterocycles. The lowest BCUT2D eigenvalue weighted by Crippen LogP contribution is -2.30. The number of halogens is 1. The Morgan fingerprint density at radius 2 is 2.10 bits per heavy atom. The third-order valence-electron chi connectivity index (χ3n) is 4.58. The van der Waals surface area contributed by atoms with Gasteiger partial charge in [-0.15, -0.1) is 0 Å². The van der Waals surface area contributed by atoms with Gasteiger partial charge in [-0.05, 0) is 49.3 Å². The van der Waals surface area contributed by atoms with Gasteiger partial charge in [0.15, 0.2) is 5.82 Å². The number of nitrogens with one attached hydrogen (secondary N) is 1. The molecule has 1 aliphatic carbocycles. The molecule has 3 rings (SSSR count). The Balaban J connectivity index is 1.71.